The molecule has 0 spiro atoms. The van der Waals surface area contributed by atoms with Gasteiger partial charge in [0, 0.05) is 6.54 Å². The molecular weight excluding hydrogens is 146 g/mol. The molecule has 60 valence electrons. The van der Waals surface area contributed by atoms with E-state index in [0.29, 0.717) is 6.54 Å². The Bertz CT molecular complexity index is 130. The normalized spacial score (nSPS) is 11.2. The first-order chi connectivity index (χ1) is 4.39. The SMILES string of the molecule is CCN(C(=O)O)[Si](C)(C)C. The molecule has 0 saturated carbocycles. The number of carboxylic acid groups (broad SMARTS) is 1. The quantitative estimate of drug-likeness (QED) is 0.628. The van der Waals surface area contributed by atoms with Crippen LogP contribution in [-0.2, 0) is 0 Å². The predicted octanol–water partition coefficient (Wildman–Crippen LogP) is 1.82. The second-order valence-electron chi connectivity index (χ2n) is 3.20. The van der Waals surface area contributed by atoms with Gasteiger partial charge in [-0.15, -0.1) is 0 Å². The Kier molecular flexibility index (Phi) is 2.89. The highest BCUT2D eigenvalue weighted by Gasteiger charge is 2.26. The van der Waals surface area contributed by atoms with Gasteiger partial charge in [-0.2, -0.15) is 0 Å². The lowest BCUT2D eigenvalue weighted by Crippen LogP contribution is -2.48. The average Bonchev–Trinajstić information content (AvgIpc) is 1.60. The highest BCUT2D eigenvalue weighted by molar-refractivity contribution is 6.75. The van der Waals surface area contributed by atoms with Gasteiger partial charge in [-0.05, 0) is 6.92 Å². The van der Waals surface area contributed by atoms with Crippen molar-refractivity contribution in [1.29, 1.82) is 0 Å². The summed E-state index contributed by atoms with van der Waals surface area (Å²) in [5.41, 5.74) is 0. The van der Waals surface area contributed by atoms with Crippen LogP contribution < -0.4 is 0 Å². The fourth-order valence-electron chi connectivity index (χ4n) is 0.897. The van der Waals surface area contributed by atoms with E-state index in [2.05, 4.69) is 0 Å². The minimum atomic E-state index is -1.62. The number of rotatable bonds is 2. The minimum absolute atomic E-state index is 0.602. The van der Waals surface area contributed by atoms with Crippen molar-refractivity contribution in [2.75, 3.05) is 6.54 Å². The summed E-state index contributed by atoms with van der Waals surface area (Å²) in [4.78, 5) is 10.5. The highest BCUT2D eigenvalue weighted by Crippen LogP contribution is 2.08. The van der Waals surface area contributed by atoms with Crippen molar-refractivity contribution in [2.24, 2.45) is 0 Å². The van der Waals surface area contributed by atoms with Gasteiger partial charge in [-0.25, -0.2) is 4.79 Å². The van der Waals surface area contributed by atoms with Crippen molar-refractivity contribution < 1.29 is 9.90 Å². The summed E-state index contributed by atoms with van der Waals surface area (Å²) >= 11 is 0. The lowest BCUT2D eigenvalue weighted by Gasteiger charge is -2.29. The number of carbonyl (C=O) groups is 1. The molecule has 0 fully saturated rings. The van der Waals surface area contributed by atoms with E-state index < -0.39 is 14.3 Å². The van der Waals surface area contributed by atoms with E-state index >= 15 is 0 Å². The number of hydrogen-bond acceptors (Lipinski definition) is 1. The van der Waals surface area contributed by atoms with Crippen LogP contribution in [0.3, 0.4) is 0 Å². The number of amides is 1. The molecule has 0 atom stereocenters. The first kappa shape index (κ1) is 9.49. The molecule has 1 amide bonds. The van der Waals surface area contributed by atoms with Gasteiger partial charge in [0.15, 0.2) is 8.24 Å². The Balaban J connectivity index is 4.22. The van der Waals surface area contributed by atoms with Crippen LogP contribution in [0.1, 0.15) is 6.92 Å². The van der Waals surface area contributed by atoms with E-state index in [-0.39, 0.29) is 0 Å². The Morgan fingerprint density at radius 1 is 1.50 bits per heavy atom. The zero-order valence-electron chi connectivity index (χ0n) is 7.01. The zero-order chi connectivity index (χ0) is 8.36. The Hall–Kier alpha value is -0.513. The summed E-state index contributed by atoms with van der Waals surface area (Å²) in [6.07, 6.45) is -0.790. The lowest BCUT2D eigenvalue weighted by molar-refractivity contribution is 0.171. The molecule has 4 heteroatoms. The van der Waals surface area contributed by atoms with Crippen LogP contribution in [0.2, 0.25) is 19.6 Å². The molecule has 0 aromatic heterocycles. The van der Waals surface area contributed by atoms with Crippen LogP contribution in [0.5, 0.6) is 0 Å². The van der Waals surface area contributed by atoms with Crippen LogP contribution in [0.15, 0.2) is 0 Å². The van der Waals surface area contributed by atoms with Gasteiger partial charge in [0.1, 0.15) is 0 Å². The number of hydrogen-bond donors (Lipinski definition) is 1. The van der Waals surface area contributed by atoms with E-state index in [1.165, 1.54) is 4.57 Å². The lowest BCUT2D eigenvalue weighted by atomic mass is 10.8. The van der Waals surface area contributed by atoms with E-state index in [1.54, 1.807) is 0 Å². The molecule has 0 aliphatic rings. The molecule has 0 aliphatic carbocycles. The molecular formula is C6H15NO2Si. The summed E-state index contributed by atoms with van der Waals surface area (Å²) in [6, 6.07) is 0. The van der Waals surface area contributed by atoms with Gasteiger partial charge in [0.2, 0.25) is 0 Å². The molecule has 0 saturated heterocycles. The molecule has 0 aliphatic heterocycles. The van der Waals surface area contributed by atoms with Crippen LogP contribution in [-0.4, -0.2) is 30.5 Å². The molecule has 0 aromatic carbocycles. The van der Waals surface area contributed by atoms with E-state index in [1.807, 2.05) is 26.6 Å². The largest absolute Gasteiger partial charge is 0.465 e. The molecule has 0 bridgehead atoms. The van der Waals surface area contributed by atoms with Gasteiger partial charge in [0.05, 0.1) is 0 Å². The maximum absolute atomic E-state index is 10.5. The van der Waals surface area contributed by atoms with Crippen molar-refractivity contribution in [3.63, 3.8) is 0 Å². The summed E-state index contributed by atoms with van der Waals surface area (Å²) in [5, 5.41) is 8.67. The van der Waals surface area contributed by atoms with Gasteiger partial charge in [-0.1, -0.05) is 19.6 Å². The Labute approximate surface area is 62.7 Å². The topological polar surface area (TPSA) is 40.5 Å². The number of nitrogens with zero attached hydrogens (tertiary/aromatic N) is 1. The Morgan fingerprint density at radius 2 is 1.90 bits per heavy atom. The summed E-state index contributed by atoms with van der Waals surface area (Å²) in [5.74, 6) is 0. The van der Waals surface area contributed by atoms with Crippen LogP contribution >= 0.6 is 0 Å². The summed E-state index contributed by atoms with van der Waals surface area (Å²) in [7, 11) is -1.62. The first-order valence-electron chi connectivity index (χ1n) is 3.40. The standard InChI is InChI=1S/C6H15NO2Si/c1-5-7(6(8)9)10(2,3)4/h5H2,1-4H3,(H,8,9). The predicted molar refractivity (Wildman–Crippen MR) is 43.8 cm³/mol. The third-order valence-electron chi connectivity index (χ3n) is 1.36. The van der Waals surface area contributed by atoms with Crippen molar-refractivity contribution in [3.05, 3.63) is 0 Å². The van der Waals surface area contributed by atoms with Gasteiger partial charge < -0.3 is 9.67 Å². The summed E-state index contributed by atoms with van der Waals surface area (Å²) in [6.45, 7) is 8.53. The van der Waals surface area contributed by atoms with E-state index in [9.17, 15) is 4.79 Å². The van der Waals surface area contributed by atoms with Crippen LogP contribution in [0, 0.1) is 0 Å². The van der Waals surface area contributed by atoms with Crippen LogP contribution in [0.4, 0.5) is 4.79 Å². The van der Waals surface area contributed by atoms with Crippen molar-refractivity contribution >= 4 is 14.3 Å². The third-order valence-corrected chi connectivity index (χ3v) is 3.48. The van der Waals surface area contributed by atoms with E-state index in [4.69, 9.17) is 5.11 Å². The molecule has 0 radical (unpaired) electrons. The smallest absolute Gasteiger partial charge is 0.399 e. The highest BCUT2D eigenvalue weighted by atomic mass is 28.3. The van der Waals surface area contributed by atoms with Crippen molar-refractivity contribution in [2.45, 2.75) is 26.6 Å². The molecule has 3 nitrogen and oxygen atoms in total. The molecule has 0 rings (SSSR count). The van der Waals surface area contributed by atoms with Crippen molar-refractivity contribution in [1.82, 2.24) is 4.57 Å². The minimum Gasteiger partial charge on any atom is -0.465 e. The third kappa shape index (κ3) is 2.39. The van der Waals surface area contributed by atoms with Crippen molar-refractivity contribution in [3.8, 4) is 0 Å². The van der Waals surface area contributed by atoms with Gasteiger partial charge in [0.25, 0.3) is 0 Å². The second-order valence-corrected chi connectivity index (χ2v) is 8.08. The van der Waals surface area contributed by atoms with E-state index in [0.717, 1.165) is 0 Å². The van der Waals surface area contributed by atoms with Gasteiger partial charge >= 0.3 is 6.09 Å². The molecule has 1 N–H and O–H groups in total. The Morgan fingerprint density at radius 3 is 1.90 bits per heavy atom. The fraction of sp³-hybridized carbons (Fsp3) is 0.833. The average molecular weight is 161 g/mol. The fourth-order valence-corrected chi connectivity index (χ4v) is 2.42. The van der Waals surface area contributed by atoms with Crippen LogP contribution in [0.25, 0.3) is 0 Å². The second kappa shape index (κ2) is 3.05. The zero-order valence-corrected chi connectivity index (χ0v) is 8.01. The molecule has 0 heterocycles. The molecule has 10 heavy (non-hydrogen) atoms. The molecule has 0 unspecified atom stereocenters. The monoisotopic (exact) mass is 161 g/mol. The molecule has 0 aromatic rings. The maximum atomic E-state index is 10.5. The first-order valence-corrected chi connectivity index (χ1v) is 6.85. The van der Waals surface area contributed by atoms with Gasteiger partial charge in [-0.3, -0.25) is 0 Å². The maximum Gasteiger partial charge on any atom is 0.399 e. The summed E-state index contributed by atoms with van der Waals surface area (Å²) < 4.78 is 1.53.